The van der Waals surface area contributed by atoms with Gasteiger partial charge in [0.15, 0.2) is 6.10 Å². The molecule has 0 heterocycles. The molecule has 1 aromatic carbocycles. The highest BCUT2D eigenvalue weighted by molar-refractivity contribution is 8.00. The first-order chi connectivity index (χ1) is 9.40. The molecule has 0 fully saturated rings. The predicted molar refractivity (Wildman–Crippen MR) is 70.5 cm³/mol. The number of aliphatic hydroxyl groups is 1. The molecule has 0 aliphatic rings. The number of carboxylic acids is 1. The molecule has 1 unspecified atom stereocenters. The minimum atomic E-state index is -1.64. The van der Waals surface area contributed by atoms with Crippen molar-refractivity contribution in [3.05, 3.63) is 34.4 Å². The first-order valence-corrected chi connectivity index (χ1v) is 6.43. The van der Waals surface area contributed by atoms with E-state index in [4.69, 9.17) is 10.2 Å². The van der Waals surface area contributed by atoms with Gasteiger partial charge in [-0.25, -0.2) is 4.79 Å². The van der Waals surface area contributed by atoms with Crippen LogP contribution in [0, 0.1) is 10.1 Å². The lowest BCUT2D eigenvalue weighted by molar-refractivity contribution is -0.384. The van der Waals surface area contributed by atoms with Gasteiger partial charge >= 0.3 is 5.97 Å². The lowest BCUT2D eigenvalue weighted by Crippen LogP contribution is -2.37. The molecule has 9 heteroatoms. The van der Waals surface area contributed by atoms with E-state index in [2.05, 4.69) is 5.32 Å². The summed E-state index contributed by atoms with van der Waals surface area (Å²) >= 11 is 1.15. The summed E-state index contributed by atoms with van der Waals surface area (Å²) in [6, 6.07) is 5.69. The molecule has 0 spiro atoms. The molecular formula is C11H12N2O6S. The number of thioether (sulfide) groups is 1. The van der Waals surface area contributed by atoms with Gasteiger partial charge < -0.3 is 15.5 Å². The molecule has 0 saturated heterocycles. The monoisotopic (exact) mass is 300 g/mol. The van der Waals surface area contributed by atoms with Gasteiger partial charge in [0, 0.05) is 17.0 Å². The number of aliphatic carboxylic acids is 1. The molecule has 0 aromatic heterocycles. The number of aliphatic hydroxyl groups excluding tert-OH is 1. The van der Waals surface area contributed by atoms with Crippen molar-refractivity contribution in [1.82, 2.24) is 5.32 Å². The summed E-state index contributed by atoms with van der Waals surface area (Å²) in [5.74, 6) is -1.83. The third-order valence-corrected chi connectivity index (χ3v) is 3.21. The summed E-state index contributed by atoms with van der Waals surface area (Å²) in [4.78, 5) is 32.3. The zero-order valence-corrected chi connectivity index (χ0v) is 11.0. The van der Waals surface area contributed by atoms with E-state index in [1.54, 1.807) is 0 Å². The van der Waals surface area contributed by atoms with E-state index in [1.165, 1.54) is 24.3 Å². The lowest BCUT2D eigenvalue weighted by Gasteiger charge is -2.07. The average Bonchev–Trinajstić information content (AvgIpc) is 2.42. The van der Waals surface area contributed by atoms with Gasteiger partial charge in [-0.05, 0) is 12.1 Å². The molecule has 0 aliphatic heterocycles. The van der Waals surface area contributed by atoms with Gasteiger partial charge in [0.1, 0.15) is 0 Å². The zero-order valence-electron chi connectivity index (χ0n) is 10.2. The Morgan fingerprint density at radius 2 is 1.95 bits per heavy atom. The fourth-order valence-electron chi connectivity index (χ4n) is 1.16. The highest BCUT2D eigenvalue weighted by Gasteiger charge is 2.14. The van der Waals surface area contributed by atoms with Crippen LogP contribution in [0.1, 0.15) is 0 Å². The van der Waals surface area contributed by atoms with Gasteiger partial charge in [-0.3, -0.25) is 14.9 Å². The largest absolute Gasteiger partial charge is 0.479 e. The number of nitrogens with zero attached hydrogens (tertiary/aromatic N) is 1. The van der Waals surface area contributed by atoms with Crippen molar-refractivity contribution >= 4 is 29.3 Å². The van der Waals surface area contributed by atoms with Crippen LogP contribution in [0.4, 0.5) is 5.69 Å². The van der Waals surface area contributed by atoms with E-state index >= 15 is 0 Å². The predicted octanol–water partition coefficient (Wildman–Crippen LogP) is 0.249. The zero-order chi connectivity index (χ0) is 15.1. The fraction of sp³-hybridized carbons (Fsp3) is 0.273. The van der Waals surface area contributed by atoms with Crippen molar-refractivity contribution in [2.24, 2.45) is 0 Å². The Labute approximate surface area is 117 Å². The van der Waals surface area contributed by atoms with E-state index in [-0.39, 0.29) is 18.0 Å². The number of carbonyl (C=O) groups is 2. The maximum Gasteiger partial charge on any atom is 0.334 e. The van der Waals surface area contributed by atoms with Crippen LogP contribution in [0.2, 0.25) is 0 Å². The van der Waals surface area contributed by atoms with Crippen LogP contribution >= 0.6 is 11.8 Å². The van der Waals surface area contributed by atoms with Crippen LogP contribution in [-0.2, 0) is 9.59 Å². The molecule has 0 aliphatic carbocycles. The number of amides is 1. The number of benzene rings is 1. The second-order valence-electron chi connectivity index (χ2n) is 3.70. The second kappa shape index (κ2) is 7.46. The molecule has 1 amide bonds. The molecule has 20 heavy (non-hydrogen) atoms. The number of nitro groups is 1. The summed E-state index contributed by atoms with van der Waals surface area (Å²) in [5.41, 5.74) is -0.0385. The minimum Gasteiger partial charge on any atom is -0.479 e. The number of rotatable bonds is 7. The average molecular weight is 300 g/mol. The van der Waals surface area contributed by atoms with Crippen LogP contribution < -0.4 is 5.32 Å². The van der Waals surface area contributed by atoms with E-state index < -0.39 is 22.9 Å². The quantitative estimate of drug-likeness (QED) is 0.374. The molecule has 1 atom stereocenters. The van der Waals surface area contributed by atoms with Gasteiger partial charge in [-0.1, -0.05) is 0 Å². The number of nitrogens with one attached hydrogen (secondary N) is 1. The van der Waals surface area contributed by atoms with Gasteiger partial charge in [0.2, 0.25) is 5.91 Å². The summed E-state index contributed by atoms with van der Waals surface area (Å²) in [6.45, 7) is -0.366. The van der Waals surface area contributed by atoms with Crippen LogP contribution in [0.25, 0.3) is 0 Å². The van der Waals surface area contributed by atoms with Crippen LogP contribution in [0.15, 0.2) is 29.2 Å². The topological polar surface area (TPSA) is 130 Å². The smallest absolute Gasteiger partial charge is 0.334 e. The first kappa shape index (κ1) is 15.9. The van der Waals surface area contributed by atoms with Gasteiger partial charge in [0.05, 0.1) is 17.2 Å². The van der Waals surface area contributed by atoms with Crippen molar-refractivity contribution < 1.29 is 24.7 Å². The van der Waals surface area contributed by atoms with Crippen LogP contribution in [0.3, 0.4) is 0 Å². The molecule has 1 aromatic rings. The Hall–Kier alpha value is -2.13. The maximum atomic E-state index is 11.4. The Morgan fingerprint density at radius 1 is 1.35 bits per heavy atom. The second-order valence-corrected chi connectivity index (χ2v) is 4.75. The molecule has 0 bridgehead atoms. The number of non-ortho nitro benzene ring substituents is 1. The molecular weight excluding hydrogens is 288 g/mol. The molecule has 3 N–H and O–H groups in total. The Balaban J connectivity index is 2.37. The number of carbonyl (C=O) groups excluding carboxylic acids is 1. The molecule has 1 rings (SSSR count). The highest BCUT2D eigenvalue weighted by Crippen LogP contribution is 2.20. The highest BCUT2D eigenvalue weighted by atomic mass is 32.2. The number of carboxylic acid groups (broad SMARTS) is 1. The minimum absolute atomic E-state index is 0.0180. The van der Waals surface area contributed by atoms with Crippen molar-refractivity contribution in [3.63, 3.8) is 0 Å². The third-order valence-electron chi connectivity index (χ3n) is 2.20. The Bertz CT molecular complexity index is 504. The van der Waals surface area contributed by atoms with Crippen molar-refractivity contribution in [2.75, 3.05) is 12.3 Å². The number of hydrogen-bond acceptors (Lipinski definition) is 6. The third kappa shape index (κ3) is 5.24. The lowest BCUT2D eigenvalue weighted by atomic mass is 10.3. The Kier molecular flexibility index (Phi) is 5.94. The molecule has 0 saturated carbocycles. The standard InChI is InChI=1S/C11H12N2O6S/c14-9(11(16)17)5-12-10(15)6-20-8-3-1-7(2-4-8)13(18)19/h1-4,9,14H,5-6H2,(H,12,15)(H,16,17). The van der Waals surface area contributed by atoms with E-state index in [9.17, 15) is 19.7 Å². The summed E-state index contributed by atoms with van der Waals surface area (Å²) in [7, 11) is 0. The van der Waals surface area contributed by atoms with Gasteiger partial charge in [0.25, 0.3) is 5.69 Å². The van der Waals surface area contributed by atoms with Crippen molar-refractivity contribution in [1.29, 1.82) is 0 Å². The normalized spacial score (nSPS) is 11.7. The number of hydrogen-bond donors (Lipinski definition) is 3. The number of nitro benzene ring substituents is 1. The van der Waals surface area contributed by atoms with Crippen LogP contribution in [0.5, 0.6) is 0 Å². The molecule has 108 valence electrons. The summed E-state index contributed by atoms with van der Waals surface area (Å²) in [6.07, 6.45) is -1.64. The summed E-state index contributed by atoms with van der Waals surface area (Å²) < 4.78 is 0. The van der Waals surface area contributed by atoms with Crippen molar-refractivity contribution in [3.8, 4) is 0 Å². The SMILES string of the molecule is O=C(CSc1ccc([N+](=O)[O-])cc1)NCC(O)C(=O)O. The van der Waals surface area contributed by atoms with Gasteiger partial charge in [-0.15, -0.1) is 11.8 Å². The fourth-order valence-corrected chi connectivity index (χ4v) is 1.89. The van der Waals surface area contributed by atoms with E-state index in [0.717, 1.165) is 11.8 Å². The first-order valence-electron chi connectivity index (χ1n) is 5.45. The van der Waals surface area contributed by atoms with Crippen LogP contribution in [-0.4, -0.2) is 45.4 Å². The molecule has 8 nitrogen and oxygen atoms in total. The van der Waals surface area contributed by atoms with Crippen molar-refractivity contribution in [2.45, 2.75) is 11.0 Å². The maximum absolute atomic E-state index is 11.4. The van der Waals surface area contributed by atoms with E-state index in [1.807, 2.05) is 0 Å². The Morgan fingerprint density at radius 3 is 2.45 bits per heavy atom. The van der Waals surface area contributed by atoms with Gasteiger partial charge in [-0.2, -0.15) is 0 Å². The van der Waals surface area contributed by atoms with E-state index in [0.29, 0.717) is 4.90 Å². The molecule has 0 radical (unpaired) electrons. The summed E-state index contributed by atoms with van der Waals surface area (Å²) in [5, 5.41) is 30.1.